The van der Waals surface area contributed by atoms with Crippen LogP contribution in [0.2, 0.25) is 0 Å². The van der Waals surface area contributed by atoms with Gasteiger partial charge in [-0.1, -0.05) is 18.2 Å². The molecule has 1 N–H and O–H groups in total. The second-order valence-electron chi connectivity index (χ2n) is 10.9. The van der Waals surface area contributed by atoms with Crippen LogP contribution in [-0.4, -0.2) is 31.7 Å². The Kier molecular flexibility index (Phi) is 5.42. The SMILES string of the molecule is O=C(Nc1ccc(C23CC4CC(CC(C4)C2)C3)cc1)C1CCN(S(=O)(=O)c2cccs2)CC1. The number of carbonyl (C=O) groups excluding carboxylic acids is 1. The van der Waals surface area contributed by atoms with E-state index in [2.05, 4.69) is 29.6 Å². The molecule has 7 rings (SSSR count). The van der Waals surface area contributed by atoms with Crippen LogP contribution in [-0.2, 0) is 20.2 Å². The summed E-state index contributed by atoms with van der Waals surface area (Å²) >= 11 is 1.24. The van der Waals surface area contributed by atoms with Gasteiger partial charge in [0.1, 0.15) is 4.21 Å². The molecule has 0 unspecified atom stereocenters. The third kappa shape index (κ3) is 3.96. The van der Waals surface area contributed by atoms with Crippen molar-refractivity contribution in [1.29, 1.82) is 0 Å². The number of hydrogen-bond donors (Lipinski definition) is 1. The molecular weight excluding hydrogens is 452 g/mol. The van der Waals surface area contributed by atoms with Gasteiger partial charge in [-0.25, -0.2) is 8.42 Å². The van der Waals surface area contributed by atoms with Crippen molar-refractivity contribution in [3.8, 4) is 0 Å². The van der Waals surface area contributed by atoms with Crippen LogP contribution in [0, 0.1) is 23.7 Å². The smallest absolute Gasteiger partial charge is 0.252 e. The first kappa shape index (κ1) is 21.8. The number of thiophene rings is 1. The number of hydrogen-bond acceptors (Lipinski definition) is 4. The van der Waals surface area contributed by atoms with Crippen LogP contribution in [0.5, 0.6) is 0 Å². The molecule has 5 aliphatic rings. The van der Waals surface area contributed by atoms with Gasteiger partial charge in [-0.15, -0.1) is 11.3 Å². The van der Waals surface area contributed by atoms with Crippen molar-refractivity contribution in [3.63, 3.8) is 0 Å². The van der Waals surface area contributed by atoms with Crippen molar-refractivity contribution < 1.29 is 13.2 Å². The van der Waals surface area contributed by atoms with Gasteiger partial charge in [-0.2, -0.15) is 4.31 Å². The second kappa shape index (κ2) is 8.21. The molecule has 1 saturated heterocycles. The molecule has 1 aliphatic heterocycles. The minimum Gasteiger partial charge on any atom is -0.326 e. The molecule has 176 valence electrons. The third-order valence-corrected chi connectivity index (χ3v) is 12.0. The Morgan fingerprint density at radius 3 is 2.09 bits per heavy atom. The molecule has 2 heterocycles. The fourth-order valence-corrected chi connectivity index (χ4v) is 10.1. The van der Waals surface area contributed by atoms with Crippen LogP contribution < -0.4 is 5.32 Å². The van der Waals surface area contributed by atoms with Crippen molar-refractivity contribution in [2.24, 2.45) is 23.7 Å². The predicted octanol–water partition coefficient (Wildman–Crippen LogP) is 5.26. The highest BCUT2D eigenvalue weighted by Crippen LogP contribution is 2.60. The number of benzene rings is 1. The van der Waals surface area contributed by atoms with Crippen LogP contribution in [0.3, 0.4) is 0 Å². The second-order valence-corrected chi connectivity index (χ2v) is 14.0. The van der Waals surface area contributed by atoms with E-state index in [9.17, 15) is 13.2 Å². The van der Waals surface area contributed by atoms with E-state index in [0.717, 1.165) is 23.4 Å². The van der Waals surface area contributed by atoms with Gasteiger partial charge in [0.2, 0.25) is 5.91 Å². The molecule has 1 amide bonds. The van der Waals surface area contributed by atoms with E-state index in [1.54, 1.807) is 17.5 Å². The highest BCUT2D eigenvalue weighted by molar-refractivity contribution is 7.91. The number of piperidine rings is 1. The number of rotatable bonds is 5. The van der Waals surface area contributed by atoms with Crippen LogP contribution in [0.1, 0.15) is 56.9 Å². The number of nitrogens with zero attached hydrogens (tertiary/aromatic N) is 1. The van der Waals surface area contributed by atoms with Crippen molar-refractivity contribution in [2.45, 2.75) is 61.0 Å². The Labute approximate surface area is 200 Å². The fourth-order valence-electron chi connectivity index (χ4n) is 7.51. The summed E-state index contributed by atoms with van der Waals surface area (Å²) in [6.07, 6.45) is 9.49. The maximum absolute atomic E-state index is 12.9. The summed E-state index contributed by atoms with van der Waals surface area (Å²) in [5.74, 6) is 2.62. The van der Waals surface area contributed by atoms with Crippen LogP contribution >= 0.6 is 11.3 Å². The zero-order valence-corrected chi connectivity index (χ0v) is 20.5. The van der Waals surface area contributed by atoms with Crippen molar-refractivity contribution in [3.05, 3.63) is 47.3 Å². The molecule has 0 atom stereocenters. The molecule has 1 aromatic heterocycles. The van der Waals surface area contributed by atoms with Crippen LogP contribution in [0.25, 0.3) is 0 Å². The molecule has 4 bridgehead atoms. The van der Waals surface area contributed by atoms with E-state index in [1.165, 1.54) is 59.7 Å². The zero-order valence-electron chi connectivity index (χ0n) is 18.9. The normalized spacial score (nSPS) is 32.2. The Bertz CT molecular complexity index is 1080. The van der Waals surface area contributed by atoms with E-state index >= 15 is 0 Å². The molecule has 0 spiro atoms. The lowest BCUT2D eigenvalue weighted by atomic mass is 9.48. The first-order chi connectivity index (χ1) is 15.9. The van der Waals surface area contributed by atoms with E-state index in [0.29, 0.717) is 35.6 Å². The minimum absolute atomic E-state index is 0.00530. The summed E-state index contributed by atoms with van der Waals surface area (Å²) in [5.41, 5.74) is 2.69. The van der Waals surface area contributed by atoms with Crippen molar-refractivity contribution in [2.75, 3.05) is 18.4 Å². The highest BCUT2D eigenvalue weighted by Gasteiger charge is 2.51. The van der Waals surface area contributed by atoms with Crippen LogP contribution in [0.4, 0.5) is 5.69 Å². The molecule has 1 aromatic carbocycles. The fraction of sp³-hybridized carbons (Fsp3) is 0.577. The van der Waals surface area contributed by atoms with Gasteiger partial charge in [-0.05, 0) is 104 Å². The Hall–Kier alpha value is -1.70. The number of carbonyl (C=O) groups is 1. The third-order valence-electron chi connectivity index (χ3n) is 8.72. The number of sulfonamides is 1. The van der Waals surface area contributed by atoms with Gasteiger partial charge in [0, 0.05) is 24.7 Å². The highest BCUT2D eigenvalue weighted by atomic mass is 32.2. The molecular formula is C26H32N2O3S2. The summed E-state index contributed by atoms with van der Waals surface area (Å²) in [5, 5.41) is 4.87. The number of anilines is 1. The molecule has 4 aliphatic carbocycles. The van der Waals surface area contributed by atoms with Crippen molar-refractivity contribution >= 4 is 33.0 Å². The lowest BCUT2D eigenvalue weighted by Crippen LogP contribution is -2.48. The Morgan fingerprint density at radius 1 is 0.939 bits per heavy atom. The number of nitrogens with one attached hydrogen (secondary N) is 1. The lowest BCUT2D eigenvalue weighted by molar-refractivity contribution is -0.120. The topological polar surface area (TPSA) is 66.5 Å². The average Bonchev–Trinajstić information content (AvgIpc) is 3.35. The monoisotopic (exact) mass is 484 g/mol. The largest absolute Gasteiger partial charge is 0.326 e. The molecule has 4 saturated carbocycles. The van der Waals surface area contributed by atoms with Crippen LogP contribution in [0.15, 0.2) is 46.0 Å². The minimum atomic E-state index is -3.43. The van der Waals surface area contributed by atoms with Gasteiger partial charge in [0.25, 0.3) is 10.0 Å². The molecule has 7 heteroatoms. The summed E-state index contributed by atoms with van der Waals surface area (Å²) < 4.78 is 27.3. The summed E-state index contributed by atoms with van der Waals surface area (Å²) in [6, 6.07) is 12.0. The molecule has 2 aromatic rings. The number of amides is 1. The van der Waals surface area contributed by atoms with E-state index in [-0.39, 0.29) is 11.8 Å². The Balaban J connectivity index is 1.07. The quantitative estimate of drug-likeness (QED) is 0.630. The average molecular weight is 485 g/mol. The lowest BCUT2D eigenvalue weighted by Gasteiger charge is -2.57. The van der Waals surface area contributed by atoms with E-state index in [1.807, 2.05) is 0 Å². The van der Waals surface area contributed by atoms with Gasteiger partial charge in [0.05, 0.1) is 0 Å². The summed E-state index contributed by atoms with van der Waals surface area (Å²) in [4.78, 5) is 12.9. The van der Waals surface area contributed by atoms with E-state index in [4.69, 9.17) is 0 Å². The standard InChI is InChI=1S/C26H32N2O3S2/c29-25(21-7-9-28(10-8-21)33(30,31)24-2-1-11-32-24)27-23-5-3-22(4-6-23)26-15-18-12-19(16-26)14-20(13-18)17-26/h1-6,11,18-21H,7-10,12-17H2,(H,27,29). The van der Waals surface area contributed by atoms with E-state index < -0.39 is 10.0 Å². The maximum Gasteiger partial charge on any atom is 0.252 e. The van der Waals surface area contributed by atoms with Gasteiger partial charge in [0.15, 0.2) is 0 Å². The summed E-state index contributed by atoms with van der Waals surface area (Å²) in [7, 11) is -3.43. The molecule has 5 fully saturated rings. The van der Waals surface area contributed by atoms with Gasteiger partial charge >= 0.3 is 0 Å². The predicted molar refractivity (Wildman–Crippen MR) is 131 cm³/mol. The maximum atomic E-state index is 12.9. The van der Waals surface area contributed by atoms with Gasteiger partial charge in [-0.3, -0.25) is 4.79 Å². The summed E-state index contributed by atoms with van der Waals surface area (Å²) in [6.45, 7) is 0.784. The first-order valence-corrected chi connectivity index (χ1v) is 14.7. The zero-order chi connectivity index (χ0) is 22.6. The van der Waals surface area contributed by atoms with Gasteiger partial charge < -0.3 is 5.32 Å². The van der Waals surface area contributed by atoms with Crippen molar-refractivity contribution in [1.82, 2.24) is 4.31 Å². The molecule has 0 radical (unpaired) electrons. The first-order valence-electron chi connectivity index (χ1n) is 12.4. The molecule has 33 heavy (non-hydrogen) atoms. The Morgan fingerprint density at radius 2 is 1.55 bits per heavy atom. The molecule has 5 nitrogen and oxygen atoms in total.